The highest BCUT2D eigenvalue weighted by Crippen LogP contribution is 2.12. The van der Waals surface area contributed by atoms with Gasteiger partial charge in [0.05, 0.1) is 12.7 Å². The van der Waals surface area contributed by atoms with Crippen molar-refractivity contribution in [2.45, 2.75) is 5.03 Å². The van der Waals surface area contributed by atoms with Crippen LogP contribution in [-0.2, 0) is 13.8 Å². The van der Waals surface area contributed by atoms with Crippen LogP contribution in [0.2, 0.25) is 0 Å². The first-order valence-corrected chi connectivity index (χ1v) is 5.75. The summed E-state index contributed by atoms with van der Waals surface area (Å²) in [5.41, 5.74) is 0.163. The number of carbonyl (C=O) groups excluding carboxylic acids is 1. The van der Waals surface area contributed by atoms with Crippen LogP contribution in [0, 0.1) is 0 Å². The molecule has 1 rings (SSSR count). The highest BCUT2D eigenvalue weighted by molar-refractivity contribution is 8.13. The molecular formula is C7H6ClNO4S. The molecule has 1 aromatic rings. The molecule has 0 atom stereocenters. The summed E-state index contributed by atoms with van der Waals surface area (Å²) in [5.74, 6) is -0.587. The zero-order chi connectivity index (χ0) is 10.8. The summed E-state index contributed by atoms with van der Waals surface area (Å²) in [6, 6.07) is 2.41. The molecule has 1 aromatic heterocycles. The van der Waals surface area contributed by atoms with Crippen LogP contribution in [0.5, 0.6) is 0 Å². The van der Waals surface area contributed by atoms with Crippen molar-refractivity contribution in [3.8, 4) is 0 Å². The predicted molar refractivity (Wildman–Crippen MR) is 48.6 cm³/mol. The van der Waals surface area contributed by atoms with Gasteiger partial charge in [0, 0.05) is 16.9 Å². The molecule has 0 radical (unpaired) electrons. The molecule has 7 heteroatoms. The smallest absolute Gasteiger partial charge is 0.339 e. The molecule has 76 valence electrons. The summed E-state index contributed by atoms with van der Waals surface area (Å²) in [7, 11) is 2.39. The Morgan fingerprint density at radius 3 is 2.50 bits per heavy atom. The topological polar surface area (TPSA) is 73.3 Å². The fourth-order valence-corrected chi connectivity index (χ4v) is 1.45. The molecule has 0 unspecified atom stereocenters. The van der Waals surface area contributed by atoms with Crippen molar-refractivity contribution in [1.29, 1.82) is 0 Å². The van der Waals surface area contributed by atoms with Gasteiger partial charge in [-0.15, -0.1) is 0 Å². The molecule has 0 N–H and O–H groups in total. The molecule has 0 amide bonds. The third-order valence-corrected chi connectivity index (χ3v) is 2.62. The molecular weight excluding hydrogens is 230 g/mol. The van der Waals surface area contributed by atoms with E-state index in [0.717, 1.165) is 12.3 Å². The van der Waals surface area contributed by atoms with Gasteiger partial charge in [0.1, 0.15) is 0 Å². The van der Waals surface area contributed by atoms with Gasteiger partial charge in [0.15, 0.2) is 5.03 Å². The zero-order valence-corrected chi connectivity index (χ0v) is 8.67. The predicted octanol–water partition coefficient (Wildman–Crippen LogP) is 0.796. The van der Waals surface area contributed by atoms with Gasteiger partial charge in [-0.2, -0.15) is 0 Å². The van der Waals surface area contributed by atoms with E-state index in [0.29, 0.717) is 0 Å². The summed E-state index contributed by atoms with van der Waals surface area (Å²) < 4.78 is 25.9. The second-order valence-electron chi connectivity index (χ2n) is 2.31. The van der Waals surface area contributed by atoms with Crippen LogP contribution >= 0.6 is 10.7 Å². The number of rotatable bonds is 2. The Morgan fingerprint density at radius 2 is 2.14 bits per heavy atom. The minimum atomic E-state index is -3.84. The van der Waals surface area contributed by atoms with Crippen LogP contribution in [0.15, 0.2) is 23.4 Å². The Labute approximate surface area is 85.1 Å². The van der Waals surface area contributed by atoms with Crippen LogP contribution < -0.4 is 0 Å². The number of methoxy groups -OCH3 is 1. The third-order valence-electron chi connectivity index (χ3n) is 1.41. The van der Waals surface area contributed by atoms with Crippen LogP contribution in [-0.4, -0.2) is 26.5 Å². The quantitative estimate of drug-likeness (QED) is 0.560. The van der Waals surface area contributed by atoms with E-state index in [-0.39, 0.29) is 10.6 Å². The molecule has 1 heterocycles. The summed E-state index contributed by atoms with van der Waals surface area (Å²) in [4.78, 5) is 14.4. The first-order valence-electron chi connectivity index (χ1n) is 3.44. The summed E-state index contributed by atoms with van der Waals surface area (Å²) in [6.07, 6.45) is 1.08. The van der Waals surface area contributed by atoms with Crippen LogP contribution in [0.3, 0.4) is 0 Å². The lowest BCUT2D eigenvalue weighted by Gasteiger charge is -1.98. The van der Waals surface area contributed by atoms with Crippen LogP contribution in [0.4, 0.5) is 0 Å². The van der Waals surface area contributed by atoms with Gasteiger partial charge >= 0.3 is 5.97 Å². The van der Waals surface area contributed by atoms with Gasteiger partial charge in [-0.05, 0) is 12.1 Å². The Bertz CT molecular complexity index is 439. The molecule has 0 aliphatic heterocycles. The fourth-order valence-electron chi connectivity index (χ4n) is 0.763. The van der Waals surface area contributed by atoms with Crippen LogP contribution in [0.25, 0.3) is 0 Å². The first kappa shape index (κ1) is 10.9. The summed E-state index contributed by atoms with van der Waals surface area (Å²) in [6.45, 7) is 0. The van der Waals surface area contributed by atoms with Crippen molar-refractivity contribution in [2.24, 2.45) is 0 Å². The molecule has 0 bridgehead atoms. The minimum absolute atomic E-state index is 0.163. The normalized spacial score (nSPS) is 11.0. The number of esters is 1. The van der Waals surface area contributed by atoms with E-state index in [1.807, 2.05) is 0 Å². The molecule has 0 spiro atoms. The molecule has 0 aromatic carbocycles. The zero-order valence-electron chi connectivity index (χ0n) is 7.10. The lowest BCUT2D eigenvalue weighted by Crippen LogP contribution is -2.03. The van der Waals surface area contributed by atoms with E-state index in [4.69, 9.17) is 10.7 Å². The second-order valence-corrected chi connectivity index (χ2v) is 4.83. The number of pyridine rings is 1. The monoisotopic (exact) mass is 235 g/mol. The van der Waals surface area contributed by atoms with Crippen molar-refractivity contribution >= 4 is 25.7 Å². The van der Waals surface area contributed by atoms with Crippen LogP contribution in [0.1, 0.15) is 10.4 Å². The standard InChI is InChI=1S/C7H6ClNO4S/c1-13-7(10)5-2-3-6(9-4-5)14(8,11)12/h2-4H,1H3. The Kier molecular flexibility index (Phi) is 3.07. The molecule has 5 nitrogen and oxygen atoms in total. The highest BCUT2D eigenvalue weighted by Gasteiger charge is 2.13. The number of nitrogens with zero attached hydrogens (tertiary/aromatic N) is 1. The maximum absolute atomic E-state index is 10.9. The van der Waals surface area contributed by atoms with E-state index in [1.54, 1.807) is 0 Å². The van der Waals surface area contributed by atoms with Gasteiger partial charge < -0.3 is 4.74 Å². The Morgan fingerprint density at radius 1 is 1.50 bits per heavy atom. The Hall–Kier alpha value is -1.14. The number of hydrogen-bond acceptors (Lipinski definition) is 5. The molecule has 0 aliphatic rings. The molecule has 14 heavy (non-hydrogen) atoms. The molecule has 0 fully saturated rings. The van der Waals surface area contributed by atoms with E-state index in [1.165, 1.54) is 13.2 Å². The number of ether oxygens (including phenoxy) is 1. The van der Waals surface area contributed by atoms with E-state index in [2.05, 4.69) is 9.72 Å². The van der Waals surface area contributed by atoms with E-state index < -0.39 is 15.0 Å². The maximum Gasteiger partial charge on any atom is 0.339 e. The minimum Gasteiger partial charge on any atom is -0.465 e. The van der Waals surface area contributed by atoms with Gasteiger partial charge in [0.2, 0.25) is 0 Å². The second kappa shape index (κ2) is 3.93. The van der Waals surface area contributed by atoms with Crippen molar-refractivity contribution in [3.63, 3.8) is 0 Å². The van der Waals surface area contributed by atoms with Crippen molar-refractivity contribution in [2.75, 3.05) is 7.11 Å². The lowest BCUT2D eigenvalue weighted by atomic mass is 10.3. The van der Waals surface area contributed by atoms with Crippen molar-refractivity contribution in [1.82, 2.24) is 4.98 Å². The first-order chi connectivity index (χ1) is 6.45. The van der Waals surface area contributed by atoms with E-state index >= 15 is 0 Å². The maximum atomic E-state index is 10.9. The van der Waals surface area contributed by atoms with Gasteiger partial charge in [-0.25, -0.2) is 18.2 Å². The lowest BCUT2D eigenvalue weighted by molar-refractivity contribution is 0.0600. The van der Waals surface area contributed by atoms with Crippen molar-refractivity contribution in [3.05, 3.63) is 23.9 Å². The number of aromatic nitrogens is 1. The molecule has 0 saturated carbocycles. The molecule has 0 aliphatic carbocycles. The van der Waals surface area contributed by atoms with Gasteiger partial charge in [-0.1, -0.05) is 0 Å². The average molecular weight is 236 g/mol. The fraction of sp³-hybridized carbons (Fsp3) is 0.143. The van der Waals surface area contributed by atoms with Crippen molar-refractivity contribution < 1.29 is 17.9 Å². The van der Waals surface area contributed by atoms with E-state index in [9.17, 15) is 13.2 Å². The SMILES string of the molecule is COC(=O)c1ccc(S(=O)(=O)Cl)nc1. The number of carbonyl (C=O) groups is 1. The largest absolute Gasteiger partial charge is 0.465 e. The Balaban J connectivity index is 3.07. The average Bonchev–Trinajstić information content (AvgIpc) is 2.15. The number of hydrogen-bond donors (Lipinski definition) is 0. The van der Waals surface area contributed by atoms with Gasteiger partial charge in [0.25, 0.3) is 9.05 Å². The summed E-state index contributed by atoms with van der Waals surface area (Å²) in [5, 5.41) is -0.299. The van der Waals surface area contributed by atoms with Gasteiger partial charge in [-0.3, -0.25) is 0 Å². The molecule has 0 saturated heterocycles. The summed E-state index contributed by atoms with van der Waals surface area (Å²) >= 11 is 0. The highest BCUT2D eigenvalue weighted by atomic mass is 35.7. The number of halogens is 1. The third kappa shape index (κ3) is 2.43.